The number of allylic oxidation sites excluding steroid dienone is 3. The summed E-state index contributed by atoms with van der Waals surface area (Å²) in [6, 6.07) is 15.4. The van der Waals surface area contributed by atoms with Crippen LogP contribution in [-0.4, -0.2) is 43.5 Å². The molecule has 10 heteroatoms. The molecule has 0 aliphatic heterocycles. The van der Waals surface area contributed by atoms with Crippen molar-refractivity contribution in [2.75, 3.05) is 18.8 Å². The van der Waals surface area contributed by atoms with Crippen LogP contribution in [0.3, 0.4) is 0 Å². The minimum Gasteiger partial charge on any atom is -0.404 e. The number of nitrogens with zero attached hydrogens (tertiary/aromatic N) is 2. The molecule has 0 amide bonds. The van der Waals surface area contributed by atoms with E-state index >= 15 is 0 Å². The van der Waals surface area contributed by atoms with Gasteiger partial charge >= 0.3 is 6.18 Å². The van der Waals surface area contributed by atoms with Gasteiger partial charge in [-0.15, -0.1) is 0 Å². The van der Waals surface area contributed by atoms with E-state index in [1.165, 1.54) is 23.8 Å². The molecule has 0 unspecified atom stereocenters. The number of halogens is 4. The normalized spacial score (nSPS) is 24.2. The Labute approximate surface area is 227 Å². The quantitative estimate of drug-likeness (QED) is 0.382. The molecule has 210 valence electrons. The van der Waals surface area contributed by atoms with Crippen LogP contribution >= 0.6 is 0 Å². The maximum atomic E-state index is 14.2. The van der Waals surface area contributed by atoms with E-state index < -0.39 is 27.8 Å². The van der Waals surface area contributed by atoms with Crippen LogP contribution in [0.1, 0.15) is 38.2 Å². The molecule has 1 saturated carbocycles. The van der Waals surface area contributed by atoms with E-state index in [1.807, 2.05) is 36.4 Å². The number of benzene rings is 2. The number of hydrogen-bond donors (Lipinski definition) is 1. The first-order valence-corrected chi connectivity index (χ1v) is 14.5. The number of fused-ring (bicyclic) bond motifs is 1. The van der Waals surface area contributed by atoms with Crippen LogP contribution in [0.5, 0.6) is 0 Å². The van der Waals surface area contributed by atoms with E-state index in [9.17, 15) is 26.0 Å². The molecule has 39 heavy (non-hydrogen) atoms. The van der Waals surface area contributed by atoms with Gasteiger partial charge in [0, 0.05) is 13.1 Å². The number of nitrogens with two attached hydrogens (primary N) is 1. The first kappa shape index (κ1) is 29.0. The molecular weight excluding hydrogens is 530 g/mol. The van der Waals surface area contributed by atoms with Crippen molar-refractivity contribution in [2.24, 2.45) is 22.1 Å². The predicted octanol–water partition coefficient (Wildman–Crippen LogP) is 6.31. The number of sulfonamides is 1. The Morgan fingerprint density at radius 3 is 2.49 bits per heavy atom. The maximum Gasteiger partial charge on any atom is 0.404 e. The van der Waals surface area contributed by atoms with Crippen molar-refractivity contribution in [1.82, 2.24) is 4.31 Å². The second-order valence-corrected chi connectivity index (χ2v) is 12.6. The summed E-state index contributed by atoms with van der Waals surface area (Å²) in [5, 5.41) is 0. The second-order valence-electron chi connectivity index (χ2n) is 10.6. The van der Waals surface area contributed by atoms with Gasteiger partial charge in [0.1, 0.15) is 5.82 Å². The lowest BCUT2D eigenvalue weighted by molar-refractivity contribution is -0.107. The standard InChI is InChI=1S/C29H33F4N3O2S/c1-28-16-21(11-12-24(28)15-27(23(17-28)18-34)35-25-8-3-2-4-9-25)19-36(39(37,38)20-29(31,32)33)14-13-22-7-5-6-10-26(22)30/h2-10,15,18,21H,11-14,16-17,19-20,34H2,1H3/t21-,28-/m0/s1. The topological polar surface area (TPSA) is 75.8 Å². The smallest absolute Gasteiger partial charge is 0.404 e. The van der Waals surface area contributed by atoms with E-state index in [0.29, 0.717) is 25.7 Å². The lowest BCUT2D eigenvalue weighted by Crippen LogP contribution is -2.44. The van der Waals surface area contributed by atoms with E-state index in [1.54, 1.807) is 12.3 Å². The Bertz CT molecular complexity index is 1370. The summed E-state index contributed by atoms with van der Waals surface area (Å²) < 4.78 is 80.3. The highest BCUT2D eigenvalue weighted by Gasteiger charge is 2.43. The molecule has 0 saturated heterocycles. The Hall–Kier alpha value is -2.98. The third kappa shape index (κ3) is 7.36. The van der Waals surface area contributed by atoms with Gasteiger partial charge in [-0.2, -0.15) is 13.2 Å². The third-order valence-electron chi connectivity index (χ3n) is 7.55. The van der Waals surface area contributed by atoms with Gasteiger partial charge in [-0.1, -0.05) is 48.9 Å². The Morgan fingerprint density at radius 1 is 1.13 bits per heavy atom. The molecule has 2 aliphatic rings. The molecule has 5 nitrogen and oxygen atoms in total. The molecule has 0 aromatic heterocycles. The molecule has 2 aromatic carbocycles. The highest BCUT2D eigenvalue weighted by molar-refractivity contribution is 7.89. The summed E-state index contributed by atoms with van der Waals surface area (Å²) in [7, 11) is -4.65. The fourth-order valence-corrected chi connectivity index (χ4v) is 7.06. The summed E-state index contributed by atoms with van der Waals surface area (Å²) in [4.78, 5) is 4.75. The van der Waals surface area contributed by atoms with Crippen molar-refractivity contribution in [3.05, 3.63) is 89.4 Å². The first-order valence-electron chi connectivity index (χ1n) is 12.9. The zero-order valence-electron chi connectivity index (χ0n) is 21.8. The van der Waals surface area contributed by atoms with Crippen LogP contribution in [-0.2, 0) is 16.4 Å². The zero-order valence-corrected chi connectivity index (χ0v) is 22.6. The van der Waals surface area contributed by atoms with Crippen molar-refractivity contribution in [3.8, 4) is 0 Å². The van der Waals surface area contributed by atoms with E-state index in [2.05, 4.69) is 6.92 Å². The molecule has 0 spiro atoms. The lowest BCUT2D eigenvalue weighted by Gasteiger charge is -2.44. The SMILES string of the molecule is C[C@]12CC(=CN)C(=Nc3ccccc3)C=C1CC[C@H](CN(CCc1ccccc1F)S(=O)(=O)CC(F)(F)F)C2. The zero-order chi connectivity index (χ0) is 28.3. The van der Waals surface area contributed by atoms with Crippen molar-refractivity contribution >= 4 is 21.4 Å². The molecule has 2 aromatic rings. The van der Waals surface area contributed by atoms with Gasteiger partial charge in [-0.05, 0) is 85.0 Å². The largest absolute Gasteiger partial charge is 0.404 e. The fraction of sp³-hybridized carbons (Fsp3) is 0.414. The van der Waals surface area contributed by atoms with Gasteiger partial charge in [0.2, 0.25) is 10.0 Å². The van der Waals surface area contributed by atoms with Gasteiger partial charge in [0.15, 0.2) is 5.75 Å². The molecule has 2 atom stereocenters. The lowest BCUT2D eigenvalue weighted by atomic mass is 9.61. The summed E-state index contributed by atoms with van der Waals surface area (Å²) in [5.74, 6) is -2.62. The number of rotatable bonds is 8. The van der Waals surface area contributed by atoms with Crippen LogP contribution in [0.2, 0.25) is 0 Å². The van der Waals surface area contributed by atoms with Gasteiger partial charge in [0.25, 0.3) is 0 Å². The Kier molecular flexibility index (Phi) is 8.66. The fourth-order valence-electron chi connectivity index (χ4n) is 5.65. The summed E-state index contributed by atoms with van der Waals surface area (Å²) in [6.45, 7) is 1.81. The van der Waals surface area contributed by atoms with Gasteiger partial charge in [-0.25, -0.2) is 22.1 Å². The first-order chi connectivity index (χ1) is 18.4. The molecule has 0 heterocycles. The average Bonchev–Trinajstić information content (AvgIpc) is 2.86. The molecule has 2 N–H and O–H groups in total. The van der Waals surface area contributed by atoms with Crippen LogP contribution in [0.15, 0.2) is 83.0 Å². The molecule has 1 fully saturated rings. The van der Waals surface area contributed by atoms with Gasteiger partial charge in [-0.3, -0.25) is 0 Å². The molecule has 4 rings (SSSR count). The van der Waals surface area contributed by atoms with Crippen LogP contribution in [0.4, 0.5) is 23.2 Å². The molecule has 0 radical (unpaired) electrons. The Balaban J connectivity index is 1.55. The van der Waals surface area contributed by atoms with Crippen molar-refractivity contribution in [1.29, 1.82) is 0 Å². The monoisotopic (exact) mass is 563 g/mol. The summed E-state index contributed by atoms with van der Waals surface area (Å²) in [6.07, 6.45) is 1.18. The minimum atomic E-state index is -4.87. The number of alkyl halides is 3. The van der Waals surface area contributed by atoms with E-state index in [-0.39, 0.29) is 36.4 Å². The second kappa shape index (κ2) is 11.6. The third-order valence-corrected chi connectivity index (χ3v) is 9.36. The van der Waals surface area contributed by atoms with Gasteiger partial charge < -0.3 is 5.73 Å². The van der Waals surface area contributed by atoms with Crippen LogP contribution < -0.4 is 5.73 Å². The van der Waals surface area contributed by atoms with Gasteiger partial charge in [0.05, 0.1) is 11.4 Å². The molecular formula is C29H33F4N3O2S. The number of aliphatic imine (C=N–C) groups is 1. The van der Waals surface area contributed by atoms with Crippen molar-refractivity contribution < 1.29 is 26.0 Å². The highest BCUT2D eigenvalue weighted by Crippen LogP contribution is 2.50. The molecule has 0 bridgehead atoms. The number of para-hydroxylation sites is 1. The van der Waals surface area contributed by atoms with E-state index in [0.717, 1.165) is 21.3 Å². The predicted molar refractivity (Wildman–Crippen MR) is 145 cm³/mol. The average molecular weight is 564 g/mol. The number of hydrogen-bond acceptors (Lipinski definition) is 4. The molecule has 2 aliphatic carbocycles. The van der Waals surface area contributed by atoms with Crippen LogP contribution in [0.25, 0.3) is 0 Å². The highest BCUT2D eigenvalue weighted by atomic mass is 32.2. The summed E-state index contributed by atoms with van der Waals surface area (Å²) in [5.41, 5.74) is 9.55. The van der Waals surface area contributed by atoms with E-state index in [4.69, 9.17) is 10.7 Å². The Morgan fingerprint density at radius 2 is 1.82 bits per heavy atom. The van der Waals surface area contributed by atoms with Crippen molar-refractivity contribution in [2.45, 2.75) is 45.2 Å². The van der Waals surface area contributed by atoms with Crippen molar-refractivity contribution in [3.63, 3.8) is 0 Å². The van der Waals surface area contributed by atoms with Crippen LogP contribution in [0, 0.1) is 17.2 Å². The minimum absolute atomic E-state index is 0.0156. The summed E-state index contributed by atoms with van der Waals surface area (Å²) >= 11 is 0. The maximum absolute atomic E-state index is 14.2.